The van der Waals surface area contributed by atoms with Crippen molar-refractivity contribution in [3.8, 4) is 0 Å². The fourth-order valence-corrected chi connectivity index (χ4v) is 2.19. The molecule has 18 heavy (non-hydrogen) atoms. The number of nitrogen functional groups attached to an aromatic ring is 1. The number of anilines is 1. The van der Waals surface area contributed by atoms with E-state index in [1.807, 2.05) is 12.3 Å². The van der Waals surface area contributed by atoms with Crippen LogP contribution in [0.25, 0.3) is 0 Å². The maximum absolute atomic E-state index is 8.12. The van der Waals surface area contributed by atoms with Crippen molar-refractivity contribution in [1.82, 2.24) is 9.88 Å². The molecule has 1 unspecified atom stereocenters. The number of aromatic nitrogens is 1. The van der Waals surface area contributed by atoms with E-state index >= 15 is 0 Å². The van der Waals surface area contributed by atoms with Gasteiger partial charge < -0.3 is 5.73 Å². The van der Waals surface area contributed by atoms with Crippen molar-refractivity contribution in [1.29, 1.82) is 0 Å². The summed E-state index contributed by atoms with van der Waals surface area (Å²) in [5, 5.41) is 0. The lowest BCUT2D eigenvalue weighted by Crippen LogP contribution is -2.36. The molecule has 0 aliphatic carbocycles. The SMILES string of the molecule is CC1CCCCN1Cc1ccncc1N.O=C=O. The summed E-state index contributed by atoms with van der Waals surface area (Å²) in [7, 11) is 0. The maximum Gasteiger partial charge on any atom is 0.373 e. The van der Waals surface area contributed by atoms with E-state index in [1.54, 1.807) is 6.20 Å². The highest BCUT2D eigenvalue weighted by molar-refractivity contribution is 5.43. The molecular weight excluding hydrogens is 230 g/mol. The van der Waals surface area contributed by atoms with Gasteiger partial charge in [0.05, 0.1) is 11.9 Å². The number of pyridine rings is 1. The molecule has 2 N–H and O–H groups in total. The van der Waals surface area contributed by atoms with Crippen LogP contribution < -0.4 is 5.73 Å². The van der Waals surface area contributed by atoms with Crippen LogP contribution in [0.2, 0.25) is 0 Å². The van der Waals surface area contributed by atoms with E-state index in [0.29, 0.717) is 6.04 Å². The molecule has 2 heterocycles. The quantitative estimate of drug-likeness (QED) is 0.858. The van der Waals surface area contributed by atoms with Gasteiger partial charge in [0.15, 0.2) is 0 Å². The minimum Gasteiger partial charge on any atom is -0.397 e. The molecule has 0 bridgehead atoms. The number of rotatable bonds is 2. The normalized spacial score (nSPS) is 19.5. The second kappa shape index (κ2) is 7.58. The molecule has 0 amide bonds. The highest BCUT2D eigenvalue weighted by Crippen LogP contribution is 2.20. The third-order valence-electron chi connectivity index (χ3n) is 3.26. The van der Waals surface area contributed by atoms with Crippen molar-refractivity contribution < 1.29 is 9.59 Å². The summed E-state index contributed by atoms with van der Waals surface area (Å²) in [5.74, 6) is 0. The first-order valence-corrected chi connectivity index (χ1v) is 6.10. The third kappa shape index (κ3) is 4.28. The molecule has 1 fully saturated rings. The monoisotopic (exact) mass is 249 g/mol. The molecule has 1 aromatic heterocycles. The lowest BCUT2D eigenvalue weighted by atomic mass is 10.0. The standard InChI is InChI=1S/C12H19N3.CO2/c1-10-4-2-3-7-15(10)9-11-5-6-14-8-12(11)13;2-1-3/h5-6,8,10H,2-4,7,9,13H2,1H3;. The van der Waals surface area contributed by atoms with Gasteiger partial charge in [-0.05, 0) is 37.9 Å². The van der Waals surface area contributed by atoms with Crippen LogP contribution >= 0.6 is 0 Å². The second-order valence-electron chi connectivity index (χ2n) is 4.47. The van der Waals surface area contributed by atoms with E-state index in [-0.39, 0.29) is 6.15 Å². The predicted octanol–water partition coefficient (Wildman–Crippen LogP) is 1.45. The number of nitrogens with two attached hydrogens (primary N) is 1. The van der Waals surface area contributed by atoms with Gasteiger partial charge in [-0.1, -0.05) is 6.42 Å². The largest absolute Gasteiger partial charge is 0.397 e. The highest BCUT2D eigenvalue weighted by atomic mass is 16.2. The van der Waals surface area contributed by atoms with Crippen molar-refractivity contribution in [2.45, 2.75) is 38.8 Å². The van der Waals surface area contributed by atoms with Crippen LogP contribution in [0.1, 0.15) is 31.7 Å². The van der Waals surface area contributed by atoms with Gasteiger partial charge in [0, 0.05) is 18.8 Å². The number of carbonyl (C=O) groups excluding carboxylic acids is 2. The molecular formula is C13H19N3O2. The molecule has 5 heteroatoms. The Balaban J connectivity index is 0.000000492. The lowest BCUT2D eigenvalue weighted by molar-refractivity contribution is -0.191. The van der Waals surface area contributed by atoms with E-state index in [9.17, 15) is 0 Å². The Kier molecular flexibility index (Phi) is 6.05. The average molecular weight is 249 g/mol. The van der Waals surface area contributed by atoms with E-state index in [1.165, 1.54) is 31.4 Å². The topological polar surface area (TPSA) is 76.3 Å². The summed E-state index contributed by atoms with van der Waals surface area (Å²) < 4.78 is 0. The summed E-state index contributed by atoms with van der Waals surface area (Å²) in [4.78, 5) is 22.8. The molecule has 1 saturated heterocycles. The van der Waals surface area contributed by atoms with Crippen LogP contribution in [-0.2, 0) is 16.1 Å². The zero-order chi connectivity index (χ0) is 13.4. The molecule has 5 nitrogen and oxygen atoms in total. The van der Waals surface area contributed by atoms with E-state index in [2.05, 4.69) is 16.8 Å². The van der Waals surface area contributed by atoms with Crippen molar-refractivity contribution >= 4 is 11.8 Å². The van der Waals surface area contributed by atoms with Gasteiger partial charge in [-0.3, -0.25) is 9.88 Å². The molecule has 1 aliphatic rings. The van der Waals surface area contributed by atoms with Crippen LogP contribution in [0.5, 0.6) is 0 Å². The van der Waals surface area contributed by atoms with Gasteiger partial charge in [-0.15, -0.1) is 0 Å². The summed E-state index contributed by atoms with van der Waals surface area (Å²) in [6.07, 6.45) is 7.80. The molecule has 1 aliphatic heterocycles. The Morgan fingerprint density at radius 2 is 2.22 bits per heavy atom. The molecule has 0 saturated carbocycles. The zero-order valence-electron chi connectivity index (χ0n) is 10.6. The van der Waals surface area contributed by atoms with Gasteiger partial charge in [0.2, 0.25) is 0 Å². The predicted molar refractivity (Wildman–Crippen MR) is 67.4 cm³/mol. The van der Waals surface area contributed by atoms with Crippen molar-refractivity contribution in [3.63, 3.8) is 0 Å². The summed E-state index contributed by atoms with van der Waals surface area (Å²) in [5.41, 5.74) is 7.92. The van der Waals surface area contributed by atoms with Gasteiger partial charge in [-0.2, -0.15) is 9.59 Å². The fraction of sp³-hybridized carbons (Fsp3) is 0.538. The molecule has 98 valence electrons. The first-order chi connectivity index (χ1) is 8.69. The molecule has 0 aromatic carbocycles. The maximum atomic E-state index is 8.12. The Morgan fingerprint density at radius 1 is 1.50 bits per heavy atom. The number of hydrogen-bond donors (Lipinski definition) is 1. The number of piperidine rings is 1. The second-order valence-corrected chi connectivity index (χ2v) is 4.47. The van der Waals surface area contributed by atoms with Gasteiger partial charge in [0.25, 0.3) is 0 Å². The minimum atomic E-state index is 0.250. The molecule has 2 rings (SSSR count). The van der Waals surface area contributed by atoms with Crippen LogP contribution in [0.15, 0.2) is 18.5 Å². The van der Waals surface area contributed by atoms with E-state index in [0.717, 1.165) is 12.2 Å². The van der Waals surface area contributed by atoms with Crippen LogP contribution in [0.4, 0.5) is 5.69 Å². The molecule has 1 aromatic rings. The van der Waals surface area contributed by atoms with Crippen LogP contribution in [0.3, 0.4) is 0 Å². The Labute approximate surface area is 107 Å². The molecule has 1 atom stereocenters. The summed E-state index contributed by atoms with van der Waals surface area (Å²) >= 11 is 0. The number of hydrogen-bond acceptors (Lipinski definition) is 5. The molecule has 0 radical (unpaired) electrons. The highest BCUT2D eigenvalue weighted by Gasteiger charge is 2.18. The van der Waals surface area contributed by atoms with Gasteiger partial charge in [-0.25, -0.2) is 0 Å². The van der Waals surface area contributed by atoms with Crippen molar-refractivity contribution in [2.75, 3.05) is 12.3 Å². The van der Waals surface area contributed by atoms with E-state index < -0.39 is 0 Å². The Morgan fingerprint density at radius 3 is 2.83 bits per heavy atom. The summed E-state index contributed by atoms with van der Waals surface area (Å²) in [6, 6.07) is 2.71. The third-order valence-corrected chi connectivity index (χ3v) is 3.26. The van der Waals surface area contributed by atoms with Crippen LogP contribution in [-0.4, -0.2) is 28.6 Å². The first kappa shape index (κ1) is 14.4. The number of likely N-dealkylation sites (tertiary alicyclic amines) is 1. The van der Waals surface area contributed by atoms with Crippen molar-refractivity contribution in [3.05, 3.63) is 24.0 Å². The van der Waals surface area contributed by atoms with Gasteiger partial charge >= 0.3 is 6.15 Å². The smallest absolute Gasteiger partial charge is 0.373 e. The van der Waals surface area contributed by atoms with Crippen LogP contribution in [0, 0.1) is 0 Å². The number of nitrogens with zero attached hydrogens (tertiary/aromatic N) is 2. The zero-order valence-corrected chi connectivity index (χ0v) is 10.6. The summed E-state index contributed by atoms with van der Waals surface area (Å²) in [6.45, 7) is 4.47. The minimum absolute atomic E-state index is 0.250. The van der Waals surface area contributed by atoms with Crippen molar-refractivity contribution in [2.24, 2.45) is 0 Å². The van der Waals surface area contributed by atoms with E-state index in [4.69, 9.17) is 15.3 Å². The first-order valence-electron chi connectivity index (χ1n) is 6.10. The Bertz CT molecular complexity index is 403. The average Bonchev–Trinajstić information content (AvgIpc) is 2.36. The lowest BCUT2D eigenvalue weighted by Gasteiger charge is -2.33. The van der Waals surface area contributed by atoms with Gasteiger partial charge in [0.1, 0.15) is 0 Å². The molecule has 0 spiro atoms. The fourth-order valence-electron chi connectivity index (χ4n) is 2.19. The Hall–Kier alpha value is -1.71.